The van der Waals surface area contributed by atoms with Crippen LogP contribution in [0, 0.1) is 10.6 Å². The minimum atomic E-state index is -0.176. The van der Waals surface area contributed by atoms with Crippen molar-refractivity contribution in [2.75, 3.05) is 36.6 Å². The predicted octanol–water partition coefficient (Wildman–Crippen LogP) is 2.50. The monoisotopic (exact) mass is 302 g/mol. The third kappa shape index (κ3) is 2.23. The predicted molar refractivity (Wildman–Crippen MR) is 88.6 cm³/mol. The van der Waals surface area contributed by atoms with Crippen LogP contribution in [-0.4, -0.2) is 31.8 Å². The fraction of sp³-hybridized carbons (Fsp3) is 0.647. The number of hydrogen-bond donors (Lipinski definition) is 2. The molecular weight excluding hydrogens is 278 g/mol. The smallest absolute Gasteiger partial charge is 0.125 e. The summed E-state index contributed by atoms with van der Waals surface area (Å²) in [7, 11) is 0. The Morgan fingerprint density at radius 2 is 1.95 bits per heavy atom. The van der Waals surface area contributed by atoms with E-state index in [0.29, 0.717) is 11.1 Å². The van der Waals surface area contributed by atoms with E-state index in [0.717, 1.165) is 49.6 Å². The third-order valence-corrected chi connectivity index (χ3v) is 5.46. The number of hydrogen-bond acceptors (Lipinski definition) is 5. The zero-order valence-electron chi connectivity index (χ0n) is 13.4. The number of anilines is 2. The van der Waals surface area contributed by atoms with E-state index in [1.54, 1.807) is 0 Å². The van der Waals surface area contributed by atoms with E-state index >= 15 is 0 Å². The van der Waals surface area contributed by atoms with Crippen molar-refractivity contribution in [2.24, 2.45) is 5.41 Å². The summed E-state index contributed by atoms with van der Waals surface area (Å²) in [5.74, 6) is 0.935. The molecule has 22 heavy (non-hydrogen) atoms. The van der Waals surface area contributed by atoms with Crippen LogP contribution in [0.5, 0.6) is 5.75 Å². The van der Waals surface area contributed by atoms with Crippen LogP contribution in [0.4, 0.5) is 11.4 Å². The van der Waals surface area contributed by atoms with Gasteiger partial charge in [0.05, 0.1) is 5.69 Å². The summed E-state index contributed by atoms with van der Waals surface area (Å²) in [5, 5.41) is 14.8. The average molecular weight is 302 g/mol. The lowest BCUT2D eigenvalue weighted by atomic mass is 9.73. The maximum Gasteiger partial charge on any atom is 0.125 e. The maximum atomic E-state index is 11.4. The molecule has 4 rings (SSSR count). The summed E-state index contributed by atoms with van der Waals surface area (Å²) in [6.45, 7) is 8.50. The van der Waals surface area contributed by atoms with Gasteiger partial charge in [0.2, 0.25) is 0 Å². The van der Waals surface area contributed by atoms with E-state index in [4.69, 9.17) is 4.74 Å². The molecule has 1 aromatic rings. The van der Waals surface area contributed by atoms with Crippen LogP contribution in [0.15, 0.2) is 12.1 Å². The van der Waals surface area contributed by atoms with Crippen LogP contribution in [0.2, 0.25) is 0 Å². The Morgan fingerprint density at radius 1 is 1.23 bits per heavy atom. The molecule has 0 bridgehead atoms. The molecule has 1 aromatic carbocycles. The molecule has 0 radical (unpaired) electrons. The Balaban J connectivity index is 1.59. The highest BCUT2D eigenvalue weighted by atomic mass is 16.5. The fourth-order valence-corrected chi connectivity index (χ4v) is 4.04. The van der Waals surface area contributed by atoms with Gasteiger partial charge in [-0.3, -0.25) is 0 Å². The molecule has 3 heterocycles. The van der Waals surface area contributed by atoms with E-state index in [1.807, 2.05) is 6.07 Å². The first-order valence-electron chi connectivity index (χ1n) is 8.20. The van der Waals surface area contributed by atoms with Gasteiger partial charge in [-0.05, 0) is 38.2 Å². The van der Waals surface area contributed by atoms with Crippen molar-refractivity contribution >= 4 is 11.4 Å². The molecule has 2 N–H and O–H groups in total. The summed E-state index contributed by atoms with van der Waals surface area (Å²) >= 11 is 0. The first-order chi connectivity index (χ1) is 10.5. The number of nitrogens with zero attached hydrogens (tertiary/aromatic N) is 1. The largest absolute Gasteiger partial charge is 0.761 e. The van der Waals surface area contributed by atoms with Crippen LogP contribution >= 0.6 is 0 Å². The second-order valence-electron chi connectivity index (χ2n) is 7.71. The minimum Gasteiger partial charge on any atom is -0.761 e. The van der Waals surface area contributed by atoms with Gasteiger partial charge in [-0.25, -0.2) is 0 Å². The third-order valence-electron chi connectivity index (χ3n) is 5.46. The van der Waals surface area contributed by atoms with Crippen molar-refractivity contribution in [3.63, 3.8) is 0 Å². The molecule has 2 fully saturated rings. The van der Waals surface area contributed by atoms with Crippen LogP contribution in [0.3, 0.4) is 0 Å². The van der Waals surface area contributed by atoms with Gasteiger partial charge in [0.15, 0.2) is 0 Å². The number of rotatable bonds is 2. The molecule has 5 nitrogen and oxygen atoms in total. The van der Waals surface area contributed by atoms with E-state index in [9.17, 15) is 5.21 Å². The van der Waals surface area contributed by atoms with E-state index in [1.165, 1.54) is 12.8 Å². The van der Waals surface area contributed by atoms with E-state index in [-0.39, 0.29) is 5.60 Å². The van der Waals surface area contributed by atoms with Crippen molar-refractivity contribution < 1.29 is 4.74 Å². The molecule has 0 atom stereocenters. The zero-order chi connectivity index (χ0) is 15.4. The zero-order valence-corrected chi connectivity index (χ0v) is 13.4. The van der Waals surface area contributed by atoms with Crippen LogP contribution < -0.4 is 20.4 Å². The Labute approximate surface area is 131 Å². The second kappa shape index (κ2) is 4.77. The highest BCUT2D eigenvalue weighted by molar-refractivity contribution is 5.75. The van der Waals surface area contributed by atoms with Gasteiger partial charge in [-0.1, -0.05) is 0 Å². The van der Waals surface area contributed by atoms with Crippen LogP contribution in [-0.2, 0) is 6.42 Å². The Morgan fingerprint density at radius 3 is 2.55 bits per heavy atom. The van der Waals surface area contributed by atoms with Gasteiger partial charge in [0.1, 0.15) is 11.4 Å². The van der Waals surface area contributed by atoms with Crippen LogP contribution in [0.1, 0.15) is 32.3 Å². The van der Waals surface area contributed by atoms with Crippen molar-refractivity contribution in [2.45, 2.75) is 38.7 Å². The molecule has 0 saturated carbocycles. The molecule has 0 amide bonds. The summed E-state index contributed by atoms with van der Waals surface area (Å²) in [6.07, 6.45) is 3.25. The lowest BCUT2D eigenvalue weighted by Gasteiger charge is -2.49. The summed E-state index contributed by atoms with van der Waals surface area (Å²) in [4.78, 5) is 2.33. The van der Waals surface area contributed by atoms with Gasteiger partial charge in [0.25, 0.3) is 0 Å². The first-order valence-corrected chi connectivity index (χ1v) is 8.20. The molecule has 3 aliphatic rings. The molecule has 0 unspecified atom stereocenters. The topological polar surface area (TPSA) is 59.6 Å². The Hall–Kier alpha value is -1.46. The molecule has 1 spiro atoms. The molecule has 0 aromatic heterocycles. The van der Waals surface area contributed by atoms with E-state index in [2.05, 4.69) is 35.6 Å². The molecule has 120 valence electrons. The number of ether oxygens (including phenoxy) is 1. The highest BCUT2D eigenvalue weighted by Crippen LogP contribution is 2.44. The minimum absolute atomic E-state index is 0.176. The van der Waals surface area contributed by atoms with Gasteiger partial charge >= 0.3 is 0 Å². The number of piperidine rings is 1. The number of nitrogens with one attached hydrogen (secondary N) is 2. The SMILES string of the molecule is CC1(C)Cc2cc(N[O-])c(N3CCC4(CC3)CNC4)cc2O1. The van der Waals surface area contributed by atoms with Crippen molar-refractivity contribution in [3.05, 3.63) is 22.9 Å². The molecule has 5 heteroatoms. The lowest BCUT2D eigenvalue weighted by molar-refractivity contribution is 0.126. The van der Waals surface area contributed by atoms with Crippen LogP contribution in [0.25, 0.3) is 0 Å². The summed E-state index contributed by atoms with van der Waals surface area (Å²) in [6, 6.07) is 4.03. The van der Waals surface area contributed by atoms with Gasteiger partial charge in [0, 0.05) is 49.9 Å². The Kier molecular flexibility index (Phi) is 3.07. The average Bonchev–Trinajstić information content (AvgIpc) is 2.77. The van der Waals surface area contributed by atoms with Gasteiger partial charge in [-0.2, -0.15) is 0 Å². The Bertz CT molecular complexity index is 586. The highest BCUT2D eigenvalue weighted by Gasteiger charge is 2.40. The number of fused-ring (bicyclic) bond motifs is 1. The number of benzene rings is 1. The van der Waals surface area contributed by atoms with Gasteiger partial charge in [-0.15, -0.1) is 0 Å². The van der Waals surface area contributed by atoms with E-state index < -0.39 is 0 Å². The summed E-state index contributed by atoms with van der Waals surface area (Å²) in [5.41, 5.74) is 5.28. The van der Waals surface area contributed by atoms with Crippen molar-refractivity contribution in [1.82, 2.24) is 5.32 Å². The van der Waals surface area contributed by atoms with Crippen molar-refractivity contribution in [1.29, 1.82) is 0 Å². The molecular formula is C17H24N3O2-. The maximum absolute atomic E-state index is 11.4. The molecule has 3 aliphatic heterocycles. The van der Waals surface area contributed by atoms with Gasteiger partial charge < -0.3 is 25.6 Å². The standard InChI is InChI=1S/C17H24N3O2/c1-16(2)9-12-7-13(19-21)14(8-15(12)22-16)20-5-3-17(4-6-20)10-18-11-17/h7-8,18-19H,3-6,9-11H2,1-2H3/q-1. The molecule has 2 saturated heterocycles. The molecule has 0 aliphatic carbocycles. The first kappa shape index (κ1) is 14.2. The van der Waals surface area contributed by atoms with Crippen molar-refractivity contribution in [3.8, 4) is 5.75 Å². The lowest BCUT2D eigenvalue weighted by Crippen LogP contribution is -2.58. The quantitative estimate of drug-likeness (QED) is 0.822. The summed E-state index contributed by atoms with van der Waals surface area (Å²) < 4.78 is 6.03. The second-order valence-corrected chi connectivity index (χ2v) is 7.71. The fourth-order valence-electron chi connectivity index (χ4n) is 4.04. The normalized spacial score (nSPS) is 24.6.